The van der Waals surface area contributed by atoms with E-state index >= 15 is 0 Å². The number of aromatic nitrogens is 1. The fourth-order valence-electron chi connectivity index (χ4n) is 2.03. The fraction of sp³-hybridized carbons (Fsp3) is 0.571. The molecule has 0 N–H and O–H groups in total. The van der Waals surface area contributed by atoms with E-state index in [1.54, 1.807) is 17.3 Å². The summed E-state index contributed by atoms with van der Waals surface area (Å²) in [6.07, 6.45) is 3.15. The number of hydrogen-bond acceptors (Lipinski definition) is 4. The molecule has 0 aromatic carbocycles. The summed E-state index contributed by atoms with van der Waals surface area (Å²) in [4.78, 5) is 18.2. The highest BCUT2D eigenvalue weighted by atomic mass is 79.9. The van der Waals surface area contributed by atoms with Crippen LogP contribution in [0.1, 0.15) is 32.4 Å². The third-order valence-electron chi connectivity index (χ3n) is 2.87. The zero-order chi connectivity index (χ0) is 14.8. The van der Waals surface area contributed by atoms with Gasteiger partial charge in [-0.3, -0.25) is 9.88 Å². The van der Waals surface area contributed by atoms with Gasteiger partial charge in [0.2, 0.25) is 0 Å². The molecule has 2 heterocycles. The first-order valence-electron chi connectivity index (χ1n) is 6.54. The molecule has 0 saturated carbocycles. The number of carbonyl (C=O) groups excluding carboxylic acids is 1. The molecule has 0 spiro atoms. The number of ether oxygens (including phenoxy) is 2. The third-order valence-corrected chi connectivity index (χ3v) is 3.30. The molecule has 1 saturated heterocycles. The Labute approximate surface area is 127 Å². The predicted molar refractivity (Wildman–Crippen MR) is 78.4 cm³/mol. The molecule has 1 aromatic heterocycles. The van der Waals surface area contributed by atoms with Crippen LogP contribution in [0.5, 0.6) is 0 Å². The third kappa shape index (κ3) is 3.93. The lowest BCUT2D eigenvalue weighted by atomic mass is 10.1. The van der Waals surface area contributed by atoms with Crippen molar-refractivity contribution in [1.82, 2.24) is 9.88 Å². The first kappa shape index (κ1) is 15.3. The lowest BCUT2D eigenvalue weighted by molar-refractivity contribution is -0.0331. The molecule has 0 aliphatic carbocycles. The van der Waals surface area contributed by atoms with Gasteiger partial charge in [-0.1, -0.05) is 0 Å². The van der Waals surface area contributed by atoms with E-state index in [0.29, 0.717) is 19.8 Å². The molecule has 5 nitrogen and oxygen atoms in total. The average molecular weight is 343 g/mol. The predicted octanol–water partition coefficient (Wildman–Crippen LogP) is 3.15. The molecular formula is C14H19BrN2O3. The van der Waals surface area contributed by atoms with Crippen LogP contribution in [0.15, 0.2) is 22.9 Å². The SMILES string of the molecule is CC(C)(C)OC(=O)N1CCOCC1c1cncc(Br)c1. The molecule has 2 rings (SSSR count). The van der Waals surface area contributed by atoms with Gasteiger partial charge in [-0.15, -0.1) is 0 Å². The molecule has 1 aliphatic heterocycles. The summed E-state index contributed by atoms with van der Waals surface area (Å²) in [5.41, 5.74) is 0.431. The second-order valence-corrected chi connectivity index (χ2v) is 6.62. The standard InChI is InChI=1S/C14H19BrN2O3/c1-14(2,3)20-13(18)17-4-5-19-9-12(17)10-6-11(15)8-16-7-10/h6-8,12H,4-5,9H2,1-3H3. The maximum Gasteiger partial charge on any atom is 0.410 e. The number of carbonyl (C=O) groups is 1. The average Bonchev–Trinajstić information content (AvgIpc) is 2.37. The fourth-order valence-corrected chi connectivity index (χ4v) is 2.41. The molecule has 1 fully saturated rings. The number of morpholine rings is 1. The molecule has 110 valence electrons. The number of pyridine rings is 1. The molecule has 0 bridgehead atoms. The topological polar surface area (TPSA) is 51.7 Å². The molecule has 1 aliphatic rings. The minimum Gasteiger partial charge on any atom is -0.444 e. The van der Waals surface area contributed by atoms with Gasteiger partial charge in [0.1, 0.15) is 5.60 Å². The first-order chi connectivity index (χ1) is 9.37. The van der Waals surface area contributed by atoms with Gasteiger partial charge in [-0.25, -0.2) is 4.79 Å². The Kier molecular flexibility index (Phi) is 4.65. The number of rotatable bonds is 1. The molecule has 6 heteroatoms. The van der Waals surface area contributed by atoms with Gasteiger partial charge in [0.05, 0.1) is 19.3 Å². The number of hydrogen-bond donors (Lipinski definition) is 0. The van der Waals surface area contributed by atoms with Crippen LogP contribution in [0.2, 0.25) is 0 Å². The van der Waals surface area contributed by atoms with E-state index in [-0.39, 0.29) is 12.1 Å². The summed E-state index contributed by atoms with van der Waals surface area (Å²) in [6.45, 7) is 7.09. The van der Waals surface area contributed by atoms with Gasteiger partial charge >= 0.3 is 6.09 Å². The Bertz CT molecular complexity index is 488. The van der Waals surface area contributed by atoms with Crippen molar-refractivity contribution >= 4 is 22.0 Å². The van der Waals surface area contributed by atoms with Crippen molar-refractivity contribution in [3.05, 3.63) is 28.5 Å². The Morgan fingerprint density at radius 3 is 2.90 bits per heavy atom. The number of amides is 1. The van der Waals surface area contributed by atoms with Crippen molar-refractivity contribution in [2.45, 2.75) is 32.4 Å². The zero-order valence-corrected chi connectivity index (χ0v) is 13.5. The van der Waals surface area contributed by atoms with Crippen LogP contribution in [0, 0.1) is 0 Å². The Morgan fingerprint density at radius 1 is 1.50 bits per heavy atom. The van der Waals surface area contributed by atoms with Crippen molar-refractivity contribution in [2.24, 2.45) is 0 Å². The lowest BCUT2D eigenvalue weighted by Crippen LogP contribution is -2.45. The summed E-state index contributed by atoms with van der Waals surface area (Å²) in [6, 6.07) is 1.78. The van der Waals surface area contributed by atoms with E-state index in [2.05, 4.69) is 20.9 Å². The lowest BCUT2D eigenvalue weighted by Gasteiger charge is -2.36. The van der Waals surface area contributed by atoms with E-state index in [1.165, 1.54) is 0 Å². The number of nitrogens with zero attached hydrogens (tertiary/aromatic N) is 2. The minimum absolute atomic E-state index is 0.163. The summed E-state index contributed by atoms with van der Waals surface area (Å²) in [7, 11) is 0. The van der Waals surface area contributed by atoms with Crippen LogP contribution >= 0.6 is 15.9 Å². The molecule has 1 unspecified atom stereocenters. The van der Waals surface area contributed by atoms with Crippen LogP contribution < -0.4 is 0 Å². The Balaban J connectivity index is 2.19. The smallest absolute Gasteiger partial charge is 0.410 e. The summed E-state index contributed by atoms with van der Waals surface area (Å²) in [5, 5.41) is 0. The summed E-state index contributed by atoms with van der Waals surface area (Å²) in [5.74, 6) is 0. The molecule has 0 radical (unpaired) electrons. The number of halogens is 1. The molecule has 1 amide bonds. The van der Waals surface area contributed by atoms with Gasteiger partial charge in [-0.05, 0) is 48.3 Å². The summed E-state index contributed by atoms with van der Waals surface area (Å²) >= 11 is 3.40. The highest BCUT2D eigenvalue weighted by Gasteiger charge is 2.32. The van der Waals surface area contributed by atoms with Crippen LogP contribution in [-0.4, -0.2) is 41.3 Å². The highest BCUT2D eigenvalue weighted by molar-refractivity contribution is 9.10. The molecule has 1 atom stereocenters. The van der Waals surface area contributed by atoms with Gasteiger partial charge < -0.3 is 9.47 Å². The molecule has 20 heavy (non-hydrogen) atoms. The Morgan fingerprint density at radius 2 is 2.25 bits per heavy atom. The van der Waals surface area contributed by atoms with Crippen LogP contribution in [0.3, 0.4) is 0 Å². The van der Waals surface area contributed by atoms with Crippen molar-refractivity contribution in [1.29, 1.82) is 0 Å². The Hall–Kier alpha value is -1.14. The van der Waals surface area contributed by atoms with E-state index in [4.69, 9.17) is 9.47 Å². The van der Waals surface area contributed by atoms with Crippen molar-refractivity contribution < 1.29 is 14.3 Å². The monoisotopic (exact) mass is 342 g/mol. The van der Waals surface area contributed by atoms with Gasteiger partial charge in [0.15, 0.2) is 0 Å². The van der Waals surface area contributed by atoms with Gasteiger partial charge in [-0.2, -0.15) is 0 Å². The molecule has 1 aromatic rings. The van der Waals surface area contributed by atoms with E-state index in [9.17, 15) is 4.79 Å². The quantitative estimate of drug-likeness (QED) is 0.786. The van der Waals surface area contributed by atoms with Crippen LogP contribution in [0.4, 0.5) is 4.79 Å². The normalized spacial score (nSPS) is 19.8. The second kappa shape index (κ2) is 6.10. The molecular weight excluding hydrogens is 324 g/mol. The highest BCUT2D eigenvalue weighted by Crippen LogP contribution is 2.27. The zero-order valence-electron chi connectivity index (χ0n) is 11.9. The first-order valence-corrected chi connectivity index (χ1v) is 7.34. The van der Waals surface area contributed by atoms with Crippen molar-refractivity contribution in [3.63, 3.8) is 0 Å². The van der Waals surface area contributed by atoms with E-state index in [1.807, 2.05) is 26.8 Å². The van der Waals surface area contributed by atoms with E-state index < -0.39 is 5.60 Å². The summed E-state index contributed by atoms with van der Waals surface area (Å²) < 4.78 is 11.8. The van der Waals surface area contributed by atoms with Gasteiger partial charge in [0.25, 0.3) is 0 Å². The van der Waals surface area contributed by atoms with Crippen molar-refractivity contribution in [2.75, 3.05) is 19.8 Å². The van der Waals surface area contributed by atoms with Crippen LogP contribution in [0.25, 0.3) is 0 Å². The van der Waals surface area contributed by atoms with Crippen molar-refractivity contribution in [3.8, 4) is 0 Å². The minimum atomic E-state index is -0.505. The van der Waals surface area contributed by atoms with Crippen LogP contribution in [-0.2, 0) is 9.47 Å². The largest absolute Gasteiger partial charge is 0.444 e. The second-order valence-electron chi connectivity index (χ2n) is 5.70. The van der Waals surface area contributed by atoms with E-state index in [0.717, 1.165) is 10.0 Å². The van der Waals surface area contributed by atoms with Gasteiger partial charge in [0, 0.05) is 23.4 Å². The maximum absolute atomic E-state index is 12.3. The maximum atomic E-state index is 12.3.